The van der Waals surface area contributed by atoms with Gasteiger partial charge >= 0.3 is 0 Å². The van der Waals surface area contributed by atoms with Crippen LogP contribution in [0.1, 0.15) is 35.3 Å². The fourth-order valence-electron chi connectivity index (χ4n) is 1.33. The van der Waals surface area contributed by atoms with E-state index in [0.717, 1.165) is 0 Å². The van der Waals surface area contributed by atoms with E-state index in [2.05, 4.69) is 0 Å². The van der Waals surface area contributed by atoms with Gasteiger partial charge in [-0.3, -0.25) is 4.79 Å². The first kappa shape index (κ1) is 10.9. The minimum absolute atomic E-state index is 0.315. The van der Waals surface area contributed by atoms with E-state index in [4.69, 9.17) is 0 Å². The third-order valence-electron chi connectivity index (χ3n) is 2.12. The number of halogens is 1. The van der Waals surface area contributed by atoms with Crippen molar-refractivity contribution in [1.29, 1.82) is 0 Å². The third-order valence-corrected chi connectivity index (χ3v) is 2.12. The summed E-state index contributed by atoms with van der Waals surface area (Å²) in [7, 11) is 0. The molecule has 14 heavy (non-hydrogen) atoms. The van der Waals surface area contributed by atoms with Crippen LogP contribution in [0.4, 0.5) is 4.39 Å². The van der Waals surface area contributed by atoms with Gasteiger partial charge in [0.2, 0.25) is 0 Å². The predicted octanol–water partition coefficient (Wildman–Crippen LogP) is 2.17. The molecule has 0 aliphatic rings. The molecule has 0 radical (unpaired) electrons. The summed E-state index contributed by atoms with van der Waals surface area (Å²) in [6.45, 7) is 4.62. The standard InChI is InChI=1S/C11H13FO2/c1-7-4-8(6-13)9(5-10(7)12)11(2,3)14/h4-6,14H,1-3H3. The average molecular weight is 196 g/mol. The van der Waals surface area contributed by atoms with E-state index in [1.807, 2.05) is 0 Å². The topological polar surface area (TPSA) is 37.3 Å². The maximum absolute atomic E-state index is 13.2. The van der Waals surface area contributed by atoms with Gasteiger partial charge in [-0.2, -0.15) is 0 Å². The first-order valence-electron chi connectivity index (χ1n) is 4.34. The molecule has 0 aliphatic heterocycles. The fraction of sp³-hybridized carbons (Fsp3) is 0.364. The first-order valence-corrected chi connectivity index (χ1v) is 4.34. The van der Waals surface area contributed by atoms with Crippen molar-refractivity contribution in [3.8, 4) is 0 Å². The summed E-state index contributed by atoms with van der Waals surface area (Å²) in [5, 5.41) is 9.69. The van der Waals surface area contributed by atoms with Crippen LogP contribution >= 0.6 is 0 Å². The van der Waals surface area contributed by atoms with Crippen LogP contribution in [0, 0.1) is 12.7 Å². The van der Waals surface area contributed by atoms with Crippen LogP contribution in [-0.4, -0.2) is 11.4 Å². The van der Waals surface area contributed by atoms with E-state index < -0.39 is 11.4 Å². The molecule has 2 nitrogen and oxygen atoms in total. The van der Waals surface area contributed by atoms with E-state index in [1.54, 1.807) is 6.92 Å². The molecule has 1 aromatic rings. The molecule has 0 heterocycles. The molecule has 1 rings (SSSR count). The second kappa shape index (κ2) is 3.50. The highest BCUT2D eigenvalue weighted by atomic mass is 19.1. The van der Waals surface area contributed by atoms with Gasteiger partial charge in [0.05, 0.1) is 5.60 Å². The van der Waals surface area contributed by atoms with Gasteiger partial charge in [0.1, 0.15) is 12.1 Å². The van der Waals surface area contributed by atoms with Gasteiger partial charge in [0.25, 0.3) is 0 Å². The summed E-state index contributed by atoms with van der Waals surface area (Å²) in [5.41, 5.74) is -0.155. The zero-order valence-electron chi connectivity index (χ0n) is 8.47. The van der Waals surface area contributed by atoms with Crippen molar-refractivity contribution in [2.24, 2.45) is 0 Å². The van der Waals surface area contributed by atoms with Crippen molar-refractivity contribution in [3.63, 3.8) is 0 Å². The number of benzene rings is 1. The molecule has 0 fully saturated rings. The molecule has 0 saturated carbocycles. The molecule has 0 amide bonds. The first-order chi connectivity index (χ1) is 6.36. The van der Waals surface area contributed by atoms with Gasteiger partial charge in [-0.25, -0.2) is 4.39 Å². The number of carbonyl (C=O) groups is 1. The monoisotopic (exact) mass is 196 g/mol. The summed E-state index contributed by atoms with van der Waals surface area (Å²) in [6.07, 6.45) is 0.625. The van der Waals surface area contributed by atoms with Crippen molar-refractivity contribution >= 4 is 6.29 Å². The van der Waals surface area contributed by atoms with Crippen LogP contribution < -0.4 is 0 Å². The maximum Gasteiger partial charge on any atom is 0.150 e. The molecule has 0 bridgehead atoms. The number of rotatable bonds is 2. The van der Waals surface area contributed by atoms with Crippen LogP contribution in [0.25, 0.3) is 0 Å². The molecule has 1 N–H and O–H groups in total. The second-order valence-electron chi connectivity index (χ2n) is 3.87. The van der Waals surface area contributed by atoms with Crippen molar-refractivity contribution in [3.05, 3.63) is 34.6 Å². The average Bonchev–Trinajstić information content (AvgIpc) is 2.07. The zero-order valence-corrected chi connectivity index (χ0v) is 8.47. The van der Waals surface area contributed by atoms with Crippen molar-refractivity contribution in [1.82, 2.24) is 0 Å². The smallest absolute Gasteiger partial charge is 0.150 e. The summed E-state index contributed by atoms with van der Waals surface area (Å²) in [4.78, 5) is 10.7. The molecule has 0 aromatic heterocycles. The Bertz CT molecular complexity index is 364. The van der Waals surface area contributed by atoms with Gasteiger partial charge in [-0.15, -0.1) is 0 Å². The van der Waals surface area contributed by atoms with Crippen LogP contribution in [0.2, 0.25) is 0 Å². The minimum atomic E-state index is -1.20. The molecule has 0 atom stereocenters. The quantitative estimate of drug-likeness (QED) is 0.736. The van der Waals surface area contributed by atoms with Crippen molar-refractivity contribution in [2.75, 3.05) is 0 Å². The maximum atomic E-state index is 13.2. The van der Waals surface area contributed by atoms with Crippen molar-refractivity contribution in [2.45, 2.75) is 26.4 Å². The summed E-state index contributed by atoms with van der Waals surface area (Å²) >= 11 is 0. The van der Waals surface area contributed by atoms with Gasteiger partial charge in [0, 0.05) is 5.56 Å². The SMILES string of the molecule is Cc1cc(C=O)c(C(C)(C)O)cc1F. The molecule has 0 saturated heterocycles. The summed E-state index contributed by atoms with van der Waals surface area (Å²) in [5.74, 6) is -0.410. The molecule has 0 unspecified atom stereocenters. The number of aryl methyl sites for hydroxylation is 1. The summed E-state index contributed by atoms with van der Waals surface area (Å²) in [6, 6.07) is 2.65. The van der Waals surface area contributed by atoms with E-state index >= 15 is 0 Å². The Morgan fingerprint density at radius 1 is 1.43 bits per heavy atom. The lowest BCUT2D eigenvalue weighted by Gasteiger charge is -2.20. The summed E-state index contributed by atoms with van der Waals surface area (Å²) < 4.78 is 13.2. The van der Waals surface area contributed by atoms with E-state index in [0.29, 0.717) is 23.0 Å². The van der Waals surface area contributed by atoms with Gasteiger partial charge < -0.3 is 5.11 Å². The lowest BCUT2D eigenvalue weighted by atomic mass is 9.92. The fourth-order valence-corrected chi connectivity index (χ4v) is 1.33. The lowest BCUT2D eigenvalue weighted by Crippen LogP contribution is -2.18. The Morgan fingerprint density at radius 2 is 2.00 bits per heavy atom. The Morgan fingerprint density at radius 3 is 2.43 bits per heavy atom. The number of carbonyl (C=O) groups excluding carboxylic acids is 1. The van der Waals surface area contributed by atoms with Crippen molar-refractivity contribution < 1.29 is 14.3 Å². The molecule has 0 aliphatic carbocycles. The molecule has 3 heteroatoms. The van der Waals surface area contributed by atoms with Crippen LogP contribution in [0.15, 0.2) is 12.1 Å². The lowest BCUT2D eigenvalue weighted by molar-refractivity contribution is 0.0764. The molecule has 1 aromatic carbocycles. The Labute approximate surface area is 82.4 Å². The van der Waals surface area contributed by atoms with E-state index in [9.17, 15) is 14.3 Å². The zero-order chi connectivity index (χ0) is 10.9. The molecule has 76 valence electrons. The highest BCUT2D eigenvalue weighted by molar-refractivity contribution is 5.78. The van der Waals surface area contributed by atoms with Crippen LogP contribution in [0.3, 0.4) is 0 Å². The van der Waals surface area contributed by atoms with Crippen LogP contribution in [-0.2, 0) is 5.60 Å². The second-order valence-corrected chi connectivity index (χ2v) is 3.87. The van der Waals surface area contributed by atoms with Gasteiger partial charge in [-0.1, -0.05) is 0 Å². The highest BCUT2D eigenvalue weighted by Gasteiger charge is 2.21. The number of hydrogen-bond acceptors (Lipinski definition) is 2. The Hall–Kier alpha value is -1.22. The van der Waals surface area contributed by atoms with Gasteiger partial charge in [0.15, 0.2) is 0 Å². The van der Waals surface area contributed by atoms with Crippen LogP contribution in [0.5, 0.6) is 0 Å². The van der Waals surface area contributed by atoms with E-state index in [1.165, 1.54) is 26.0 Å². The third kappa shape index (κ3) is 1.99. The highest BCUT2D eigenvalue weighted by Crippen LogP contribution is 2.25. The number of aldehydes is 1. The number of hydrogen-bond donors (Lipinski definition) is 1. The molecular formula is C11H13FO2. The molecular weight excluding hydrogens is 183 g/mol. The van der Waals surface area contributed by atoms with E-state index in [-0.39, 0.29) is 0 Å². The minimum Gasteiger partial charge on any atom is -0.386 e. The largest absolute Gasteiger partial charge is 0.386 e. The molecule has 0 spiro atoms. The Balaban J connectivity index is 3.42. The predicted molar refractivity (Wildman–Crippen MR) is 51.8 cm³/mol. The number of aliphatic hydroxyl groups is 1. The normalized spacial score (nSPS) is 11.5. The van der Waals surface area contributed by atoms with Gasteiger partial charge in [-0.05, 0) is 44.0 Å². The Kier molecular flexibility index (Phi) is 2.71.